The number of fused-ring (bicyclic) bond motifs is 1. The van der Waals surface area contributed by atoms with E-state index in [1.54, 1.807) is 6.20 Å². The molecular weight excluding hydrogens is 450 g/mol. The average molecular weight is 480 g/mol. The molecule has 1 amide bonds. The SMILES string of the molecule is [2H]NC(CC(=O)NC1C(O)OC(CO)C(O)C1O)C(=O)C[C@@H](Cc1c[nH]c2ccccc12)C(=O)O. The van der Waals surface area contributed by atoms with Gasteiger partial charge in [-0.25, -0.2) is 0 Å². The smallest absolute Gasteiger partial charge is 0.307 e. The van der Waals surface area contributed by atoms with Crippen molar-refractivity contribution < 1.29 is 46.1 Å². The minimum Gasteiger partial charge on any atom is -0.481 e. The molecule has 0 aliphatic carbocycles. The van der Waals surface area contributed by atoms with Crippen LogP contribution in [0, 0.1) is 5.92 Å². The van der Waals surface area contributed by atoms with Gasteiger partial charge >= 0.3 is 5.97 Å². The van der Waals surface area contributed by atoms with Crippen molar-refractivity contribution in [2.24, 2.45) is 11.6 Å². The number of aliphatic hydroxyl groups excluding tert-OH is 4. The molecule has 9 N–H and O–H groups in total. The Hall–Kier alpha value is -2.87. The number of hydrogen-bond donors (Lipinski definition) is 8. The lowest BCUT2D eigenvalue weighted by Gasteiger charge is -2.40. The van der Waals surface area contributed by atoms with Gasteiger partial charge in [0.15, 0.2) is 12.1 Å². The average Bonchev–Trinajstić information content (AvgIpc) is 3.24. The van der Waals surface area contributed by atoms with Gasteiger partial charge in [-0.1, -0.05) is 18.2 Å². The van der Waals surface area contributed by atoms with Crippen LogP contribution >= 0.6 is 0 Å². The number of H-pyrrole nitrogens is 1. The molecule has 1 aliphatic rings. The molecule has 34 heavy (non-hydrogen) atoms. The number of aliphatic carboxylic acids is 1. The molecule has 6 unspecified atom stereocenters. The normalized spacial score (nSPS) is 27.1. The summed E-state index contributed by atoms with van der Waals surface area (Å²) >= 11 is 0. The van der Waals surface area contributed by atoms with E-state index in [1.807, 2.05) is 30.0 Å². The van der Waals surface area contributed by atoms with Gasteiger partial charge < -0.3 is 46.3 Å². The monoisotopic (exact) mass is 480 g/mol. The van der Waals surface area contributed by atoms with E-state index in [9.17, 15) is 34.8 Å². The fourth-order valence-electron chi connectivity index (χ4n) is 3.99. The van der Waals surface area contributed by atoms with Gasteiger partial charge in [-0.05, 0) is 18.1 Å². The molecule has 12 heteroatoms. The molecule has 12 nitrogen and oxygen atoms in total. The first-order chi connectivity index (χ1) is 16.7. The van der Waals surface area contributed by atoms with E-state index in [-0.39, 0.29) is 6.42 Å². The summed E-state index contributed by atoms with van der Waals surface area (Å²) in [5.74, 6) is -3.83. The fraction of sp³-hybridized carbons (Fsp3) is 0.500. The van der Waals surface area contributed by atoms with Crippen molar-refractivity contribution in [2.75, 3.05) is 6.61 Å². The van der Waals surface area contributed by atoms with Gasteiger partial charge in [0, 0.05) is 29.9 Å². The van der Waals surface area contributed by atoms with E-state index in [0.29, 0.717) is 5.56 Å². The molecule has 2 heterocycles. The highest BCUT2D eigenvalue weighted by Crippen LogP contribution is 2.23. The largest absolute Gasteiger partial charge is 0.481 e. The summed E-state index contributed by atoms with van der Waals surface area (Å²) in [6, 6.07) is 4.52. The van der Waals surface area contributed by atoms with E-state index < -0.39 is 79.7 Å². The first-order valence-electron chi connectivity index (χ1n) is 11.2. The number of amides is 1. The second kappa shape index (κ2) is 11.0. The summed E-state index contributed by atoms with van der Waals surface area (Å²) in [6.45, 7) is -0.668. The van der Waals surface area contributed by atoms with Gasteiger partial charge in [0.1, 0.15) is 25.8 Å². The molecular formula is C22H29N3O9. The Morgan fingerprint density at radius 3 is 2.59 bits per heavy atom. The molecule has 186 valence electrons. The maximum atomic E-state index is 12.7. The van der Waals surface area contributed by atoms with Crippen LogP contribution in [0.2, 0.25) is 1.41 Å². The third-order valence-corrected chi connectivity index (χ3v) is 5.94. The number of ketones is 1. The summed E-state index contributed by atoms with van der Waals surface area (Å²) < 4.78 is 12.4. The fourth-order valence-corrected chi connectivity index (χ4v) is 3.99. The summed E-state index contributed by atoms with van der Waals surface area (Å²) in [5.41, 5.74) is 3.49. The lowest BCUT2D eigenvalue weighted by Crippen LogP contribution is -2.64. The summed E-state index contributed by atoms with van der Waals surface area (Å²) in [6.07, 6.45) is -5.51. The van der Waals surface area contributed by atoms with E-state index in [1.165, 1.54) is 0 Å². The summed E-state index contributed by atoms with van der Waals surface area (Å²) in [4.78, 5) is 40.1. The highest BCUT2D eigenvalue weighted by molar-refractivity contribution is 5.92. The highest BCUT2D eigenvalue weighted by Gasteiger charge is 2.44. The van der Waals surface area contributed by atoms with Gasteiger partial charge in [0.25, 0.3) is 0 Å². The molecule has 3 rings (SSSR count). The van der Waals surface area contributed by atoms with Crippen molar-refractivity contribution in [3.8, 4) is 0 Å². The van der Waals surface area contributed by atoms with E-state index >= 15 is 0 Å². The maximum absolute atomic E-state index is 12.7. The van der Waals surface area contributed by atoms with Crippen molar-refractivity contribution in [3.05, 3.63) is 36.0 Å². The van der Waals surface area contributed by atoms with E-state index in [2.05, 4.69) is 10.3 Å². The number of carboxylic acid groups (broad SMARTS) is 1. The number of nitrogens with one attached hydrogen (secondary N) is 2. The summed E-state index contributed by atoms with van der Waals surface area (Å²) in [5, 5.41) is 51.9. The predicted octanol–water partition coefficient (Wildman–Crippen LogP) is -2.00. The number of nitrogens with two attached hydrogens (primary N) is 1. The first kappa shape index (κ1) is 24.3. The quantitative estimate of drug-likeness (QED) is 0.177. The van der Waals surface area contributed by atoms with Crippen LogP contribution in [0.5, 0.6) is 0 Å². The first-order valence-corrected chi connectivity index (χ1v) is 10.7. The number of para-hydroxylation sites is 1. The molecule has 1 saturated heterocycles. The molecule has 1 aromatic heterocycles. The minimum atomic E-state index is -1.74. The van der Waals surface area contributed by atoms with Gasteiger partial charge in [0.2, 0.25) is 5.91 Å². The van der Waals surface area contributed by atoms with Crippen LogP contribution in [-0.4, -0.2) is 91.5 Å². The molecule has 7 atom stereocenters. The van der Waals surface area contributed by atoms with Crippen molar-refractivity contribution in [2.45, 2.75) is 55.9 Å². The van der Waals surface area contributed by atoms with Gasteiger partial charge in [-0.15, -0.1) is 0 Å². The van der Waals surface area contributed by atoms with Crippen LogP contribution in [0.25, 0.3) is 10.9 Å². The maximum Gasteiger partial charge on any atom is 0.307 e. The zero-order valence-electron chi connectivity index (χ0n) is 19.1. The lowest BCUT2D eigenvalue weighted by molar-refractivity contribution is -0.253. The number of ether oxygens (including phenoxy) is 1. The topological polar surface area (TPSA) is 215 Å². The van der Waals surface area contributed by atoms with Crippen LogP contribution in [0.1, 0.15) is 18.4 Å². The van der Waals surface area contributed by atoms with Crippen LogP contribution in [0.4, 0.5) is 0 Å². The number of aliphatic hydroxyl groups is 4. The minimum absolute atomic E-state index is 0.0592. The number of carbonyl (C=O) groups is 3. The molecule has 0 bridgehead atoms. The number of aromatic nitrogens is 1. The lowest BCUT2D eigenvalue weighted by atomic mass is 9.91. The number of aromatic amines is 1. The Morgan fingerprint density at radius 2 is 1.91 bits per heavy atom. The van der Waals surface area contributed by atoms with Crippen molar-refractivity contribution in [1.29, 1.82) is 0 Å². The Bertz CT molecular complexity index is 1050. The predicted molar refractivity (Wildman–Crippen MR) is 117 cm³/mol. The molecule has 1 fully saturated rings. The number of carboxylic acids is 1. The molecule has 0 spiro atoms. The van der Waals surface area contributed by atoms with Crippen molar-refractivity contribution in [3.63, 3.8) is 0 Å². The van der Waals surface area contributed by atoms with Crippen molar-refractivity contribution >= 4 is 28.6 Å². The van der Waals surface area contributed by atoms with Crippen LogP contribution in [0.15, 0.2) is 30.5 Å². The van der Waals surface area contributed by atoms with Crippen molar-refractivity contribution in [1.82, 2.24) is 10.3 Å². The number of rotatable bonds is 11. The summed E-state index contributed by atoms with van der Waals surface area (Å²) in [7, 11) is 0. The number of Topliss-reactive ketones (excluding diaryl/α,β-unsaturated/α-hetero) is 1. The Balaban J connectivity index is 1.61. The van der Waals surface area contributed by atoms with Gasteiger partial charge in [-0.3, -0.25) is 14.4 Å². The standard InChI is InChI=1S/C22H29N3O9/c23-13(7-17(28)25-18-20(30)19(29)16(9-26)34-22(18)33)15(27)6-10(21(31)32)5-11-8-24-14-4-2-1-3-12(11)14/h1-4,8,10,13,16,18-20,22,24,26,29-30,33H,5-7,9,23H2,(H,25,28)(H,31,32)/t10-,13?,16?,18?,19?,20?,22?/m1/s1/i/hD. The molecule has 1 aromatic carbocycles. The molecule has 0 radical (unpaired) electrons. The number of carbonyl (C=O) groups excluding carboxylic acids is 2. The number of hydrogen-bond acceptors (Lipinski definition) is 9. The van der Waals surface area contributed by atoms with Crippen LogP contribution in [0.3, 0.4) is 0 Å². The third-order valence-electron chi connectivity index (χ3n) is 5.94. The van der Waals surface area contributed by atoms with Crippen LogP contribution in [-0.2, 0) is 25.5 Å². The zero-order chi connectivity index (χ0) is 25.7. The zero-order valence-corrected chi connectivity index (χ0v) is 18.1. The van der Waals surface area contributed by atoms with Crippen LogP contribution < -0.4 is 11.0 Å². The number of benzene rings is 1. The Kier molecular flexibility index (Phi) is 7.88. The molecule has 2 aromatic rings. The third kappa shape index (κ3) is 5.78. The molecule has 0 saturated carbocycles. The second-order valence-electron chi connectivity index (χ2n) is 8.35. The van der Waals surface area contributed by atoms with Gasteiger partial charge in [-0.2, -0.15) is 0 Å². The molecule has 1 aliphatic heterocycles. The van der Waals surface area contributed by atoms with Gasteiger partial charge in [0.05, 0.1) is 18.6 Å². The Labute approximate surface area is 195 Å². The Morgan fingerprint density at radius 1 is 1.18 bits per heavy atom. The second-order valence-corrected chi connectivity index (χ2v) is 8.35. The van der Waals surface area contributed by atoms with E-state index in [0.717, 1.165) is 10.9 Å². The highest BCUT2D eigenvalue weighted by atomic mass is 16.6. The van der Waals surface area contributed by atoms with E-state index in [4.69, 9.17) is 11.3 Å².